The molecule has 0 aromatic heterocycles. The molecule has 0 spiro atoms. The molecule has 2 aromatic carbocycles. The molecule has 2 rings (SSSR count). The molecule has 4 nitrogen and oxygen atoms in total. The maximum absolute atomic E-state index is 11.2. The fourth-order valence-corrected chi connectivity index (χ4v) is 1.81. The van der Waals surface area contributed by atoms with Crippen LogP contribution in [0.25, 0.3) is 0 Å². The molecule has 0 bridgehead atoms. The smallest absolute Gasteiger partial charge is 0.250 e. The van der Waals surface area contributed by atoms with Gasteiger partial charge in [-0.2, -0.15) is 0 Å². The Labute approximate surface area is 115 Å². The van der Waals surface area contributed by atoms with Crippen molar-refractivity contribution in [2.24, 2.45) is 5.73 Å². The summed E-state index contributed by atoms with van der Waals surface area (Å²) in [5, 5.41) is 0.467. The molecule has 0 aliphatic carbocycles. The summed E-state index contributed by atoms with van der Waals surface area (Å²) in [5.74, 6) is 0.233. The molecule has 98 valence electrons. The van der Waals surface area contributed by atoms with Crippen LogP contribution in [0.15, 0.2) is 36.4 Å². The van der Waals surface area contributed by atoms with Gasteiger partial charge in [0.1, 0.15) is 5.75 Å². The van der Waals surface area contributed by atoms with Crippen molar-refractivity contribution in [3.8, 4) is 11.5 Å². The average Bonchev–Trinajstić information content (AvgIpc) is 2.36. The van der Waals surface area contributed by atoms with Crippen molar-refractivity contribution >= 4 is 23.2 Å². The van der Waals surface area contributed by atoms with Gasteiger partial charge in [0.15, 0.2) is 5.75 Å². The van der Waals surface area contributed by atoms with Gasteiger partial charge in [-0.15, -0.1) is 0 Å². The number of para-hydroxylation sites is 1. The monoisotopic (exact) mass is 276 g/mol. The molecule has 0 saturated carbocycles. The highest BCUT2D eigenvalue weighted by Crippen LogP contribution is 2.34. The second-order valence-corrected chi connectivity index (χ2v) is 4.52. The summed E-state index contributed by atoms with van der Waals surface area (Å²) >= 11 is 6.04. The number of nitrogen functional groups attached to an aromatic ring is 1. The third kappa shape index (κ3) is 2.80. The number of rotatable bonds is 3. The summed E-state index contributed by atoms with van der Waals surface area (Å²) in [5.41, 5.74) is 12.5. The first-order valence-corrected chi connectivity index (χ1v) is 5.99. The number of nitrogens with two attached hydrogens (primary N) is 2. The zero-order valence-electron chi connectivity index (χ0n) is 10.3. The number of benzene rings is 2. The molecule has 0 heterocycles. The first kappa shape index (κ1) is 13.2. The summed E-state index contributed by atoms with van der Waals surface area (Å²) in [4.78, 5) is 11.2. The van der Waals surface area contributed by atoms with Crippen LogP contribution in [-0.2, 0) is 0 Å². The molecule has 1 amide bonds. The Morgan fingerprint density at radius 2 is 1.95 bits per heavy atom. The average molecular weight is 277 g/mol. The van der Waals surface area contributed by atoms with Crippen LogP contribution in [-0.4, -0.2) is 5.91 Å². The van der Waals surface area contributed by atoms with Gasteiger partial charge >= 0.3 is 0 Å². The number of hydrogen-bond acceptors (Lipinski definition) is 3. The zero-order chi connectivity index (χ0) is 14.0. The van der Waals surface area contributed by atoms with Crippen molar-refractivity contribution < 1.29 is 9.53 Å². The van der Waals surface area contributed by atoms with Crippen molar-refractivity contribution in [2.45, 2.75) is 6.92 Å². The molecule has 0 radical (unpaired) electrons. The number of anilines is 1. The Hall–Kier alpha value is -2.20. The van der Waals surface area contributed by atoms with E-state index in [1.165, 1.54) is 0 Å². The summed E-state index contributed by atoms with van der Waals surface area (Å²) in [6.45, 7) is 1.92. The first-order valence-electron chi connectivity index (χ1n) is 5.61. The molecule has 0 aliphatic rings. The molecule has 0 fully saturated rings. The van der Waals surface area contributed by atoms with Gasteiger partial charge in [-0.05, 0) is 36.8 Å². The Balaban J connectivity index is 2.41. The Kier molecular flexibility index (Phi) is 3.62. The van der Waals surface area contributed by atoms with Crippen LogP contribution in [0.1, 0.15) is 15.9 Å². The van der Waals surface area contributed by atoms with Gasteiger partial charge in [-0.25, -0.2) is 0 Å². The van der Waals surface area contributed by atoms with Gasteiger partial charge in [0, 0.05) is 0 Å². The molecular weight excluding hydrogens is 264 g/mol. The molecule has 4 N–H and O–H groups in total. The van der Waals surface area contributed by atoms with Crippen LogP contribution in [0, 0.1) is 6.92 Å². The van der Waals surface area contributed by atoms with E-state index in [9.17, 15) is 4.79 Å². The minimum absolute atomic E-state index is 0.201. The van der Waals surface area contributed by atoms with Crippen LogP contribution in [0.3, 0.4) is 0 Å². The van der Waals surface area contributed by atoms with Crippen LogP contribution >= 0.6 is 11.6 Å². The van der Waals surface area contributed by atoms with E-state index in [-0.39, 0.29) is 11.3 Å². The largest absolute Gasteiger partial charge is 0.454 e. The van der Waals surface area contributed by atoms with Gasteiger partial charge in [0.2, 0.25) is 0 Å². The van der Waals surface area contributed by atoms with E-state index in [4.69, 9.17) is 27.8 Å². The Morgan fingerprint density at radius 1 is 1.21 bits per heavy atom. The minimum Gasteiger partial charge on any atom is -0.454 e. The molecular formula is C14H13ClN2O2. The number of carbonyl (C=O) groups excluding carboxylic acids is 1. The van der Waals surface area contributed by atoms with Crippen LogP contribution in [0.2, 0.25) is 5.02 Å². The van der Waals surface area contributed by atoms with Gasteiger partial charge < -0.3 is 16.2 Å². The minimum atomic E-state index is -0.599. The Bertz CT molecular complexity index is 641. The predicted octanol–water partition coefficient (Wildman–Crippen LogP) is 3.12. The van der Waals surface area contributed by atoms with E-state index < -0.39 is 5.91 Å². The second kappa shape index (κ2) is 5.20. The number of amides is 1. The highest BCUT2D eigenvalue weighted by Gasteiger charge is 2.12. The lowest BCUT2D eigenvalue weighted by molar-refractivity contribution is 0.100. The van der Waals surface area contributed by atoms with E-state index in [1.54, 1.807) is 30.3 Å². The maximum Gasteiger partial charge on any atom is 0.250 e. The van der Waals surface area contributed by atoms with Crippen molar-refractivity contribution in [1.29, 1.82) is 0 Å². The number of aryl methyl sites for hydroxylation is 1. The lowest BCUT2D eigenvalue weighted by Gasteiger charge is -2.12. The number of halogens is 1. The topological polar surface area (TPSA) is 78.3 Å². The van der Waals surface area contributed by atoms with E-state index in [2.05, 4.69) is 0 Å². The third-order valence-electron chi connectivity index (χ3n) is 2.64. The van der Waals surface area contributed by atoms with Gasteiger partial charge in [0.25, 0.3) is 5.91 Å². The van der Waals surface area contributed by atoms with Crippen molar-refractivity contribution in [3.63, 3.8) is 0 Å². The predicted molar refractivity (Wildman–Crippen MR) is 75.6 cm³/mol. The first-order chi connectivity index (χ1) is 8.99. The summed E-state index contributed by atoms with van der Waals surface area (Å²) < 4.78 is 5.65. The fraction of sp³-hybridized carbons (Fsp3) is 0.0714. The number of carbonyl (C=O) groups is 1. The summed E-state index contributed by atoms with van der Waals surface area (Å²) in [7, 11) is 0. The van der Waals surface area contributed by atoms with E-state index in [0.29, 0.717) is 16.5 Å². The van der Waals surface area contributed by atoms with Crippen LogP contribution < -0.4 is 16.2 Å². The molecule has 0 atom stereocenters. The lowest BCUT2D eigenvalue weighted by atomic mass is 10.1. The SMILES string of the molecule is Cc1ccc(Cl)c(Oc2cccc(C(N)=O)c2N)c1. The van der Waals surface area contributed by atoms with Gasteiger partial charge in [-0.3, -0.25) is 4.79 Å². The maximum atomic E-state index is 11.2. The van der Waals surface area contributed by atoms with Crippen molar-refractivity contribution in [2.75, 3.05) is 5.73 Å². The van der Waals surface area contributed by atoms with E-state index in [1.807, 2.05) is 13.0 Å². The Morgan fingerprint density at radius 3 is 2.63 bits per heavy atom. The molecule has 0 saturated heterocycles. The number of ether oxygens (including phenoxy) is 1. The zero-order valence-corrected chi connectivity index (χ0v) is 11.1. The third-order valence-corrected chi connectivity index (χ3v) is 2.95. The standard InChI is InChI=1S/C14H13ClN2O2/c1-8-5-6-10(15)12(7-8)19-11-4-2-3-9(13(11)16)14(17)18/h2-7H,16H2,1H3,(H2,17,18). The van der Waals surface area contributed by atoms with Crippen molar-refractivity contribution in [3.05, 3.63) is 52.5 Å². The number of primary amides is 1. The second-order valence-electron chi connectivity index (χ2n) is 4.12. The highest BCUT2D eigenvalue weighted by molar-refractivity contribution is 6.32. The molecule has 0 aliphatic heterocycles. The molecule has 2 aromatic rings. The van der Waals surface area contributed by atoms with E-state index in [0.717, 1.165) is 5.56 Å². The lowest BCUT2D eigenvalue weighted by Crippen LogP contribution is -2.13. The molecule has 19 heavy (non-hydrogen) atoms. The van der Waals surface area contributed by atoms with Crippen LogP contribution in [0.4, 0.5) is 5.69 Å². The number of hydrogen-bond donors (Lipinski definition) is 2. The quantitative estimate of drug-likeness (QED) is 0.846. The summed E-state index contributed by atoms with van der Waals surface area (Å²) in [6.07, 6.45) is 0. The summed E-state index contributed by atoms with van der Waals surface area (Å²) in [6, 6.07) is 10.2. The van der Waals surface area contributed by atoms with E-state index >= 15 is 0 Å². The fourth-order valence-electron chi connectivity index (χ4n) is 1.66. The molecule has 0 unspecified atom stereocenters. The van der Waals surface area contributed by atoms with Gasteiger partial charge in [0.05, 0.1) is 16.3 Å². The normalized spacial score (nSPS) is 10.2. The van der Waals surface area contributed by atoms with Gasteiger partial charge in [-0.1, -0.05) is 23.7 Å². The molecule has 5 heteroatoms. The highest BCUT2D eigenvalue weighted by atomic mass is 35.5. The van der Waals surface area contributed by atoms with Crippen LogP contribution in [0.5, 0.6) is 11.5 Å². The van der Waals surface area contributed by atoms with Crippen molar-refractivity contribution in [1.82, 2.24) is 0 Å².